The van der Waals surface area contributed by atoms with Crippen LogP contribution in [0.4, 0.5) is 0 Å². The zero-order valence-electron chi connectivity index (χ0n) is 30.4. The minimum absolute atomic E-state index is 0.0457. The molecule has 16 rings (SSSR count). The van der Waals surface area contributed by atoms with Crippen LogP contribution < -0.4 is 0 Å². The monoisotopic (exact) mass is 719 g/mol. The van der Waals surface area contributed by atoms with E-state index in [2.05, 4.69) is 120 Å². The van der Waals surface area contributed by atoms with Gasteiger partial charge >= 0.3 is 0 Å². The summed E-state index contributed by atoms with van der Waals surface area (Å²) in [7, 11) is 0. The lowest BCUT2D eigenvalue weighted by molar-refractivity contribution is 0.0897. The smallest absolute Gasteiger partial charge is 0.175 e. The Morgan fingerprint density at radius 1 is 0.446 bits per heavy atom. The van der Waals surface area contributed by atoms with Crippen molar-refractivity contribution < 1.29 is 14.0 Å². The molecule has 0 amide bonds. The molecule has 0 unspecified atom stereocenters. The number of Topliss-reactive ketones (excluding diaryl/α,β-unsaturated/α-hetero) is 2. The Labute approximate surface area is 321 Å². The SMILES string of the molecule is O=C1c2cc3c(cc2C2CCC1CC2)c1cc(-c2cccc4oc5ccccc5c24)cc2c4cc5c(cc4n3c12)C(=O)C1c2ccccc2C5c2ccccc21. The number of ketones is 2. The topological polar surface area (TPSA) is 51.7 Å². The number of aromatic nitrogens is 1. The van der Waals surface area contributed by atoms with Crippen molar-refractivity contribution in [2.24, 2.45) is 5.92 Å². The van der Waals surface area contributed by atoms with Crippen LogP contribution in [0.5, 0.6) is 0 Å². The molecule has 1 saturated carbocycles. The third-order valence-electron chi connectivity index (χ3n) is 14.3. The number of hydrogen-bond donors (Lipinski definition) is 0. The van der Waals surface area contributed by atoms with Gasteiger partial charge in [-0.1, -0.05) is 78.9 Å². The van der Waals surface area contributed by atoms with Crippen molar-refractivity contribution in [2.75, 3.05) is 0 Å². The van der Waals surface area contributed by atoms with E-state index in [1.54, 1.807) is 0 Å². The maximum Gasteiger partial charge on any atom is 0.175 e. The predicted molar refractivity (Wildman–Crippen MR) is 223 cm³/mol. The molecular formula is C52H33NO3. The quantitative estimate of drug-likeness (QED) is 0.170. The van der Waals surface area contributed by atoms with Gasteiger partial charge in [-0.05, 0) is 125 Å². The Balaban J connectivity index is 1.14. The van der Waals surface area contributed by atoms with Crippen molar-refractivity contribution in [1.82, 2.24) is 4.40 Å². The van der Waals surface area contributed by atoms with Gasteiger partial charge in [-0.3, -0.25) is 9.59 Å². The third kappa shape index (κ3) is 3.53. The summed E-state index contributed by atoms with van der Waals surface area (Å²) in [5.41, 5.74) is 15.9. The van der Waals surface area contributed by atoms with Gasteiger partial charge < -0.3 is 8.82 Å². The van der Waals surface area contributed by atoms with Gasteiger partial charge in [0, 0.05) is 55.3 Å². The van der Waals surface area contributed by atoms with E-state index in [9.17, 15) is 4.79 Å². The number of benzene rings is 7. The highest BCUT2D eigenvalue weighted by Gasteiger charge is 2.43. The maximum atomic E-state index is 15.1. The lowest BCUT2D eigenvalue weighted by atomic mass is 9.72. The molecule has 4 heteroatoms. The summed E-state index contributed by atoms with van der Waals surface area (Å²) in [6.07, 6.45) is 4.10. The molecule has 0 saturated heterocycles. The fourth-order valence-corrected chi connectivity index (χ4v) is 11.9. The van der Waals surface area contributed by atoms with E-state index in [0.717, 1.165) is 114 Å². The summed E-state index contributed by atoms with van der Waals surface area (Å²) < 4.78 is 8.78. The lowest BCUT2D eigenvalue weighted by Gasteiger charge is -2.30. The van der Waals surface area contributed by atoms with Crippen LogP contribution in [0.15, 0.2) is 132 Å². The number of fused-ring (bicyclic) bond motifs is 11. The Morgan fingerprint density at radius 3 is 1.71 bits per heavy atom. The van der Waals surface area contributed by atoms with E-state index in [1.807, 2.05) is 12.1 Å². The molecule has 264 valence electrons. The van der Waals surface area contributed by atoms with Gasteiger partial charge in [0.25, 0.3) is 0 Å². The van der Waals surface area contributed by atoms with Gasteiger partial charge in [0.15, 0.2) is 11.6 Å². The van der Waals surface area contributed by atoms with E-state index in [0.29, 0.717) is 11.7 Å². The molecule has 3 aromatic heterocycles. The second-order valence-corrected chi connectivity index (χ2v) is 16.8. The normalized spacial score (nSPS) is 21.0. The number of furan rings is 1. The van der Waals surface area contributed by atoms with Gasteiger partial charge in [-0.25, -0.2) is 0 Å². The van der Waals surface area contributed by atoms with Crippen LogP contribution in [0.1, 0.15) is 97.5 Å². The minimum atomic E-state index is -0.344. The van der Waals surface area contributed by atoms with Gasteiger partial charge in [0.1, 0.15) is 11.2 Å². The highest BCUT2D eigenvalue weighted by molar-refractivity contribution is 6.27. The molecular weight excluding hydrogens is 687 g/mol. The first-order valence-electron chi connectivity index (χ1n) is 20.1. The Bertz CT molecular complexity index is 3390. The van der Waals surface area contributed by atoms with Gasteiger partial charge in [-0.2, -0.15) is 0 Å². The fourth-order valence-electron chi connectivity index (χ4n) is 11.9. The number of hydrogen-bond acceptors (Lipinski definition) is 3. The molecule has 3 heterocycles. The summed E-state index contributed by atoms with van der Waals surface area (Å²) in [4.78, 5) is 29.2. The van der Waals surface area contributed by atoms with Crippen molar-refractivity contribution in [3.05, 3.63) is 172 Å². The van der Waals surface area contributed by atoms with E-state index >= 15 is 4.79 Å². The molecule has 0 N–H and O–H groups in total. The lowest BCUT2D eigenvalue weighted by Crippen LogP contribution is -2.19. The molecule has 0 aliphatic heterocycles. The first kappa shape index (κ1) is 29.8. The van der Waals surface area contributed by atoms with E-state index in [4.69, 9.17) is 4.42 Å². The molecule has 1 fully saturated rings. The van der Waals surface area contributed by atoms with Crippen LogP contribution in [0, 0.1) is 5.92 Å². The summed E-state index contributed by atoms with van der Waals surface area (Å²) in [5.74, 6) is 0.596. The molecule has 0 radical (unpaired) electrons. The predicted octanol–water partition coefficient (Wildman–Crippen LogP) is 12.7. The molecule has 7 aromatic carbocycles. The molecule has 0 atom stereocenters. The Kier molecular flexibility index (Phi) is 5.43. The van der Waals surface area contributed by atoms with Crippen LogP contribution >= 0.6 is 0 Å². The number of rotatable bonds is 1. The highest BCUT2D eigenvalue weighted by atomic mass is 16.3. The average molecular weight is 720 g/mol. The highest BCUT2D eigenvalue weighted by Crippen LogP contribution is 2.54. The molecule has 6 aliphatic carbocycles. The maximum absolute atomic E-state index is 15.1. The average Bonchev–Trinajstić information content (AvgIpc) is 3.79. The van der Waals surface area contributed by atoms with Crippen molar-refractivity contribution >= 4 is 71.6 Å². The summed E-state index contributed by atoms with van der Waals surface area (Å²) >= 11 is 0. The zero-order chi connectivity index (χ0) is 36.6. The van der Waals surface area contributed by atoms with Gasteiger partial charge in [0.05, 0.1) is 22.5 Å². The Hall–Kier alpha value is -6.52. The van der Waals surface area contributed by atoms with Crippen LogP contribution in [-0.4, -0.2) is 16.0 Å². The second-order valence-electron chi connectivity index (χ2n) is 16.8. The largest absolute Gasteiger partial charge is 0.456 e. The molecule has 56 heavy (non-hydrogen) atoms. The van der Waals surface area contributed by atoms with Crippen molar-refractivity contribution in [1.29, 1.82) is 0 Å². The zero-order valence-corrected chi connectivity index (χ0v) is 30.4. The molecule has 0 spiro atoms. The van der Waals surface area contributed by atoms with Crippen LogP contribution in [0.25, 0.3) is 71.2 Å². The second kappa shape index (κ2) is 10.2. The first-order chi connectivity index (χ1) is 27.6. The van der Waals surface area contributed by atoms with Crippen LogP contribution in [0.2, 0.25) is 0 Å². The first-order valence-corrected chi connectivity index (χ1v) is 20.1. The van der Waals surface area contributed by atoms with Gasteiger partial charge in [-0.15, -0.1) is 0 Å². The van der Waals surface area contributed by atoms with Gasteiger partial charge in [0.2, 0.25) is 0 Å². The van der Waals surface area contributed by atoms with E-state index in [1.165, 1.54) is 27.5 Å². The summed E-state index contributed by atoms with van der Waals surface area (Å²) in [6.45, 7) is 0. The van der Waals surface area contributed by atoms with Crippen molar-refractivity contribution in [3.8, 4) is 11.1 Å². The third-order valence-corrected chi connectivity index (χ3v) is 14.3. The number of nitrogens with zero attached hydrogens (tertiary/aromatic N) is 1. The number of carbonyl (C=O) groups excluding carboxylic acids is 2. The molecule has 6 aliphatic rings. The Morgan fingerprint density at radius 2 is 1.02 bits per heavy atom. The molecule has 10 aromatic rings. The van der Waals surface area contributed by atoms with Crippen molar-refractivity contribution in [3.63, 3.8) is 0 Å². The number of carbonyl (C=O) groups is 2. The summed E-state index contributed by atoms with van der Waals surface area (Å²) in [6, 6.07) is 45.7. The molecule has 4 nitrogen and oxygen atoms in total. The minimum Gasteiger partial charge on any atom is -0.456 e. The summed E-state index contributed by atoms with van der Waals surface area (Å²) in [5, 5.41) is 6.87. The molecule has 4 bridgehead atoms. The van der Waals surface area contributed by atoms with E-state index in [-0.39, 0.29) is 23.5 Å². The van der Waals surface area contributed by atoms with Crippen molar-refractivity contribution in [2.45, 2.75) is 43.4 Å². The van der Waals surface area contributed by atoms with Crippen LogP contribution in [-0.2, 0) is 0 Å². The standard InChI is InChI=1S/C52H33NO3/c54-51-27-18-16-26(17-19-27)35-22-36-39-20-28(29-13-7-15-46-48(29)34-12-5-6-14-45(34)56-46)21-40-37-23-38-42(25-44(37)53(50(39)40)43(36)24-41(35)51)52(55)49-32-10-3-1-8-30(32)47(38)31-9-2-4-11-33(31)49/h1-15,20-27,47,49H,16-19H2. The van der Waals surface area contributed by atoms with E-state index < -0.39 is 0 Å². The number of para-hydroxylation sites is 1. The fraction of sp³-hybridized carbons (Fsp3) is 0.154. The van der Waals surface area contributed by atoms with Crippen LogP contribution in [0.3, 0.4) is 0 Å².